The molecule has 0 saturated heterocycles. The predicted molar refractivity (Wildman–Crippen MR) is 140 cm³/mol. The molecular weight excluding hydrogens is 434 g/mol. The van der Waals surface area contributed by atoms with E-state index in [1.165, 1.54) is 69.0 Å². The Hall–Kier alpha value is -2.77. The second-order valence-corrected chi connectivity index (χ2v) is 10.8. The molecule has 2 heteroatoms. The lowest BCUT2D eigenvalue weighted by Crippen LogP contribution is -2.34. The van der Waals surface area contributed by atoms with Crippen molar-refractivity contribution in [1.29, 1.82) is 0 Å². The van der Waals surface area contributed by atoms with E-state index in [1.54, 1.807) is 11.1 Å². The van der Waals surface area contributed by atoms with Crippen molar-refractivity contribution in [3.63, 3.8) is 0 Å². The standard InChI is InChI=1S/C32H29ClN/c33-34-17-16-22-6-1-2-8-24(22)20-32(34)31-19-25(21-9-5-10-21)18-30-28-13-12-23-7-3-4-11-26(23)27(28)14-15-29(30)31/h1,3-4,6-8,11-12,14-15,20-21,25H,5,9-10,13,16-19H2. The summed E-state index contributed by atoms with van der Waals surface area (Å²) in [7, 11) is 0. The molecule has 7 rings (SSSR count). The van der Waals surface area contributed by atoms with Gasteiger partial charge in [-0.25, -0.2) is 0 Å². The van der Waals surface area contributed by atoms with E-state index < -0.39 is 0 Å². The number of hydrogen-bond acceptors (Lipinski definition) is 1. The third kappa shape index (κ3) is 3.28. The monoisotopic (exact) mass is 462 g/mol. The van der Waals surface area contributed by atoms with Gasteiger partial charge >= 0.3 is 0 Å². The molecule has 1 radical (unpaired) electrons. The Bertz CT molecular complexity index is 1540. The van der Waals surface area contributed by atoms with Gasteiger partial charge in [-0.05, 0) is 104 Å². The number of fused-ring (bicyclic) bond motifs is 5. The molecule has 34 heavy (non-hydrogen) atoms. The third-order valence-corrected chi connectivity index (χ3v) is 9.06. The van der Waals surface area contributed by atoms with Crippen molar-refractivity contribution in [3.05, 3.63) is 109 Å². The fourth-order valence-electron chi connectivity index (χ4n) is 6.65. The van der Waals surface area contributed by atoms with Crippen LogP contribution < -0.4 is 10.4 Å². The van der Waals surface area contributed by atoms with Gasteiger partial charge in [0.25, 0.3) is 0 Å². The van der Waals surface area contributed by atoms with Gasteiger partial charge in [0.15, 0.2) is 0 Å². The minimum absolute atomic E-state index is 0.718. The first-order valence-corrected chi connectivity index (χ1v) is 13.2. The van der Waals surface area contributed by atoms with Crippen molar-refractivity contribution in [3.8, 4) is 0 Å². The molecule has 0 N–H and O–H groups in total. The first kappa shape index (κ1) is 20.6. The number of nitrogens with zero attached hydrogens (tertiary/aromatic N) is 1. The summed E-state index contributed by atoms with van der Waals surface area (Å²) < 4.78 is 1.99. The lowest BCUT2D eigenvalue weighted by molar-refractivity contribution is 0.204. The molecule has 0 amide bonds. The zero-order valence-electron chi connectivity index (χ0n) is 19.5. The van der Waals surface area contributed by atoms with E-state index in [0.717, 1.165) is 37.6 Å². The summed E-state index contributed by atoms with van der Waals surface area (Å²) >= 11 is 6.99. The molecule has 3 aromatic carbocycles. The average Bonchev–Trinajstić information content (AvgIpc) is 3.01. The molecule has 1 nitrogen and oxygen atoms in total. The molecule has 1 saturated carbocycles. The van der Waals surface area contributed by atoms with Crippen LogP contribution in [0.4, 0.5) is 0 Å². The maximum atomic E-state index is 6.99. The molecule has 1 unspecified atom stereocenters. The van der Waals surface area contributed by atoms with Crippen molar-refractivity contribution < 1.29 is 0 Å². The summed E-state index contributed by atoms with van der Waals surface area (Å²) in [5.41, 5.74) is 8.40. The molecule has 0 aromatic heterocycles. The van der Waals surface area contributed by atoms with Crippen molar-refractivity contribution in [2.24, 2.45) is 11.8 Å². The van der Waals surface area contributed by atoms with E-state index in [0.29, 0.717) is 0 Å². The van der Waals surface area contributed by atoms with Gasteiger partial charge in [0, 0.05) is 18.3 Å². The van der Waals surface area contributed by atoms with Crippen LogP contribution in [-0.2, 0) is 19.3 Å². The van der Waals surface area contributed by atoms with Crippen LogP contribution in [0, 0.1) is 28.3 Å². The highest BCUT2D eigenvalue weighted by Crippen LogP contribution is 2.43. The largest absolute Gasteiger partial charge is 0.285 e. The Morgan fingerprint density at radius 2 is 1.76 bits per heavy atom. The molecule has 1 atom stereocenters. The van der Waals surface area contributed by atoms with Crippen LogP contribution in [-0.4, -0.2) is 11.0 Å². The van der Waals surface area contributed by atoms with Gasteiger partial charge in [-0.1, -0.05) is 73.9 Å². The molecule has 169 valence electrons. The van der Waals surface area contributed by atoms with E-state index in [-0.39, 0.29) is 0 Å². The van der Waals surface area contributed by atoms with Gasteiger partial charge < -0.3 is 0 Å². The number of benzene rings is 3. The van der Waals surface area contributed by atoms with Gasteiger partial charge in [-0.15, -0.1) is 0 Å². The lowest BCUT2D eigenvalue weighted by Gasteiger charge is -2.38. The second kappa shape index (κ2) is 8.17. The summed E-state index contributed by atoms with van der Waals surface area (Å²) in [5, 5.41) is 5.62. The highest BCUT2D eigenvalue weighted by molar-refractivity contribution is 6.16. The number of rotatable bonds is 2. The van der Waals surface area contributed by atoms with Crippen molar-refractivity contribution in [2.45, 2.75) is 44.9 Å². The van der Waals surface area contributed by atoms with Crippen LogP contribution in [0.2, 0.25) is 0 Å². The Morgan fingerprint density at radius 1 is 0.882 bits per heavy atom. The van der Waals surface area contributed by atoms with Gasteiger partial charge in [0.1, 0.15) is 0 Å². The van der Waals surface area contributed by atoms with E-state index in [2.05, 4.69) is 66.7 Å². The second-order valence-electron chi connectivity index (χ2n) is 10.4. The highest BCUT2D eigenvalue weighted by Gasteiger charge is 2.33. The van der Waals surface area contributed by atoms with E-state index >= 15 is 0 Å². The van der Waals surface area contributed by atoms with Crippen molar-refractivity contribution in [2.75, 3.05) is 6.54 Å². The predicted octanol–water partition coefficient (Wildman–Crippen LogP) is 5.68. The fourth-order valence-corrected chi connectivity index (χ4v) is 6.88. The minimum atomic E-state index is 0.718. The Balaban J connectivity index is 1.50. The van der Waals surface area contributed by atoms with Crippen LogP contribution in [0.25, 0.3) is 17.7 Å². The Labute approximate surface area is 206 Å². The van der Waals surface area contributed by atoms with Gasteiger partial charge in [-0.2, -0.15) is 0 Å². The third-order valence-electron chi connectivity index (χ3n) is 8.71. The SMILES string of the molecule is ClN1CCc2cc[c]cc2C=C1C1=c2ccc3c(c2CC(C2CCC2)C1)CC=c1ccccc1=3. The molecule has 3 aliphatic carbocycles. The van der Waals surface area contributed by atoms with Gasteiger partial charge in [0.2, 0.25) is 0 Å². The number of halogens is 1. The van der Waals surface area contributed by atoms with Crippen LogP contribution in [0.5, 0.6) is 0 Å². The van der Waals surface area contributed by atoms with Crippen LogP contribution >= 0.6 is 11.8 Å². The number of allylic oxidation sites excluding steroid dienone is 1. The molecule has 1 aliphatic heterocycles. The van der Waals surface area contributed by atoms with E-state index in [4.69, 9.17) is 11.8 Å². The van der Waals surface area contributed by atoms with Gasteiger partial charge in [0.05, 0.1) is 5.70 Å². The van der Waals surface area contributed by atoms with Gasteiger partial charge in [-0.3, -0.25) is 4.42 Å². The van der Waals surface area contributed by atoms with Crippen LogP contribution in [0.15, 0.2) is 60.3 Å². The van der Waals surface area contributed by atoms with Crippen LogP contribution in [0.3, 0.4) is 0 Å². The average molecular weight is 463 g/mol. The molecule has 0 bridgehead atoms. The summed E-state index contributed by atoms with van der Waals surface area (Å²) in [6.45, 7) is 0.837. The smallest absolute Gasteiger partial charge is 0.0567 e. The molecule has 4 aliphatic rings. The van der Waals surface area contributed by atoms with E-state index in [1.807, 2.05) is 10.5 Å². The summed E-state index contributed by atoms with van der Waals surface area (Å²) in [6, 6.07) is 23.3. The number of hydrogen-bond donors (Lipinski definition) is 0. The highest BCUT2D eigenvalue weighted by atomic mass is 35.5. The summed E-state index contributed by atoms with van der Waals surface area (Å²) in [6.07, 6.45) is 13.3. The van der Waals surface area contributed by atoms with Crippen LogP contribution in [0.1, 0.15) is 47.9 Å². The molecule has 1 fully saturated rings. The fraction of sp³-hybridized carbons (Fsp3) is 0.312. The molecule has 3 aromatic rings. The maximum absolute atomic E-state index is 6.99. The molecule has 1 heterocycles. The zero-order valence-corrected chi connectivity index (χ0v) is 20.2. The zero-order chi connectivity index (χ0) is 22.6. The van der Waals surface area contributed by atoms with Crippen molar-refractivity contribution >= 4 is 29.5 Å². The van der Waals surface area contributed by atoms with Crippen molar-refractivity contribution in [1.82, 2.24) is 4.42 Å². The molecule has 0 spiro atoms. The quantitative estimate of drug-likeness (QED) is 0.443. The lowest BCUT2D eigenvalue weighted by atomic mass is 9.68. The minimum Gasteiger partial charge on any atom is -0.285 e. The molecular formula is C32H29ClN. The first-order valence-electron chi connectivity index (χ1n) is 12.8. The normalized spacial score (nSPS) is 21.2. The van der Waals surface area contributed by atoms with E-state index in [9.17, 15) is 0 Å². The Kier molecular flexibility index (Phi) is 4.95. The topological polar surface area (TPSA) is 3.24 Å². The summed E-state index contributed by atoms with van der Waals surface area (Å²) in [4.78, 5) is 0. The first-order chi connectivity index (χ1) is 16.8. The Morgan fingerprint density at radius 3 is 2.65 bits per heavy atom. The summed E-state index contributed by atoms with van der Waals surface area (Å²) in [5.74, 6) is 1.57. The maximum Gasteiger partial charge on any atom is 0.0567 e.